The highest BCUT2D eigenvalue weighted by Crippen LogP contribution is 2.38. The molecule has 1 amide bonds. The zero-order valence-corrected chi connectivity index (χ0v) is 12.7. The molecule has 1 aromatic rings. The van der Waals surface area contributed by atoms with E-state index in [0.717, 1.165) is 0 Å². The number of halogens is 1. The standard InChI is InChI=1S/C14H16ClNO5/c1-14(2,13(18)19-3)16-12(17)8-6-9(15)11-10(7-8)20-4-5-21-11/h6-7H,4-5H2,1-3H3,(H,16,17). The Kier molecular flexibility index (Phi) is 4.27. The number of fused-ring (bicyclic) bond motifs is 1. The van der Waals surface area contributed by atoms with Crippen LogP contribution in [0.15, 0.2) is 12.1 Å². The van der Waals surface area contributed by atoms with E-state index in [2.05, 4.69) is 10.1 Å². The van der Waals surface area contributed by atoms with Gasteiger partial charge in [-0.2, -0.15) is 0 Å². The molecule has 0 fully saturated rings. The van der Waals surface area contributed by atoms with Crippen LogP contribution in [0.2, 0.25) is 5.02 Å². The van der Waals surface area contributed by atoms with E-state index in [9.17, 15) is 9.59 Å². The molecule has 2 rings (SSSR count). The molecule has 0 unspecified atom stereocenters. The van der Waals surface area contributed by atoms with Gasteiger partial charge in [-0.1, -0.05) is 11.6 Å². The van der Waals surface area contributed by atoms with Gasteiger partial charge in [0.2, 0.25) is 0 Å². The molecule has 0 spiro atoms. The van der Waals surface area contributed by atoms with E-state index in [0.29, 0.717) is 24.7 Å². The normalized spacial score (nSPS) is 13.5. The largest absolute Gasteiger partial charge is 0.486 e. The Balaban J connectivity index is 2.24. The number of esters is 1. The van der Waals surface area contributed by atoms with E-state index in [1.807, 2.05) is 0 Å². The molecule has 0 saturated heterocycles. The second-order valence-corrected chi connectivity index (χ2v) is 5.46. The Hall–Kier alpha value is -1.95. The second kappa shape index (κ2) is 5.81. The Morgan fingerprint density at radius 3 is 2.62 bits per heavy atom. The molecule has 1 heterocycles. The Bertz CT molecular complexity index is 585. The fourth-order valence-electron chi connectivity index (χ4n) is 1.90. The van der Waals surface area contributed by atoms with Gasteiger partial charge in [0, 0.05) is 5.56 Å². The lowest BCUT2D eigenvalue weighted by molar-refractivity contribution is -0.146. The van der Waals surface area contributed by atoms with Gasteiger partial charge in [0.15, 0.2) is 11.5 Å². The molecule has 1 N–H and O–H groups in total. The van der Waals surface area contributed by atoms with Crippen LogP contribution in [0.25, 0.3) is 0 Å². The first-order valence-corrected chi connectivity index (χ1v) is 6.73. The zero-order valence-electron chi connectivity index (χ0n) is 12.0. The lowest BCUT2D eigenvalue weighted by Gasteiger charge is -2.24. The van der Waals surface area contributed by atoms with Crippen molar-refractivity contribution in [1.82, 2.24) is 5.32 Å². The van der Waals surface area contributed by atoms with E-state index in [1.165, 1.54) is 19.2 Å². The van der Waals surface area contributed by atoms with Gasteiger partial charge >= 0.3 is 5.97 Å². The minimum atomic E-state index is -1.15. The quantitative estimate of drug-likeness (QED) is 0.861. The van der Waals surface area contributed by atoms with Crippen LogP contribution >= 0.6 is 11.6 Å². The first kappa shape index (κ1) is 15.4. The minimum Gasteiger partial charge on any atom is -0.486 e. The molecular formula is C14H16ClNO5. The smallest absolute Gasteiger partial charge is 0.330 e. The molecule has 1 aromatic carbocycles. The number of hydrogen-bond acceptors (Lipinski definition) is 5. The first-order chi connectivity index (χ1) is 9.85. The van der Waals surface area contributed by atoms with Gasteiger partial charge < -0.3 is 19.5 Å². The molecule has 1 aliphatic rings. The highest BCUT2D eigenvalue weighted by atomic mass is 35.5. The van der Waals surface area contributed by atoms with Gasteiger partial charge in [-0.15, -0.1) is 0 Å². The molecule has 0 saturated carbocycles. The predicted octanol–water partition coefficient (Wildman–Crippen LogP) is 1.79. The summed E-state index contributed by atoms with van der Waals surface area (Å²) in [6.07, 6.45) is 0. The summed E-state index contributed by atoms with van der Waals surface area (Å²) in [6, 6.07) is 3.00. The van der Waals surface area contributed by atoms with Gasteiger partial charge in [-0.05, 0) is 26.0 Å². The van der Waals surface area contributed by atoms with Crippen molar-refractivity contribution in [3.05, 3.63) is 22.7 Å². The Morgan fingerprint density at radius 1 is 1.29 bits per heavy atom. The Labute approximate surface area is 127 Å². The molecule has 7 heteroatoms. The lowest BCUT2D eigenvalue weighted by Crippen LogP contribution is -2.50. The summed E-state index contributed by atoms with van der Waals surface area (Å²) in [5.74, 6) is -0.162. The zero-order chi connectivity index (χ0) is 15.6. The molecule has 6 nitrogen and oxygen atoms in total. The number of carbonyl (C=O) groups is 2. The van der Waals surface area contributed by atoms with Crippen LogP contribution in [0.3, 0.4) is 0 Å². The summed E-state index contributed by atoms with van der Waals surface area (Å²) >= 11 is 6.08. The molecule has 0 aromatic heterocycles. The van der Waals surface area contributed by atoms with Gasteiger partial charge in [0.05, 0.1) is 12.1 Å². The van der Waals surface area contributed by atoms with Crippen LogP contribution in [-0.4, -0.2) is 37.7 Å². The van der Waals surface area contributed by atoms with Crippen molar-refractivity contribution in [3.63, 3.8) is 0 Å². The second-order valence-electron chi connectivity index (χ2n) is 5.05. The van der Waals surface area contributed by atoms with Crippen molar-refractivity contribution in [2.24, 2.45) is 0 Å². The molecule has 1 aliphatic heterocycles. The maximum Gasteiger partial charge on any atom is 0.330 e. The van der Waals surface area contributed by atoms with Crippen molar-refractivity contribution >= 4 is 23.5 Å². The van der Waals surface area contributed by atoms with E-state index in [-0.39, 0.29) is 10.6 Å². The molecule has 0 aliphatic carbocycles. The number of ether oxygens (including phenoxy) is 3. The number of amides is 1. The van der Waals surface area contributed by atoms with Crippen molar-refractivity contribution in [3.8, 4) is 11.5 Å². The topological polar surface area (TPSA) is 73.9 Å². The van der Waals surface area contributed by atoms with E-state index in [4.69, 9.17) is 21.1 Å². The Morgan fingerprint density at radius 2 is 1.95 bits per heavy atom. The summed E-state index contributed by atoms with van der Waals surface area (Å²) in [4.78, 5) is 23.8. The van der Waals surface area contributed by atoms with Gasteiger partial charge in [-0.25, -0.2) is 4.79 Å². The fourth-order valence-corrected chi connectivity index (χ4v) is 2.17. The third kappa shape index (κ3) is 3.21. The van der Waals surface area contributed by atoms with Gasteiger partial charge in [0.25, 0.3) is 5.91 Å². The molecule has 0 bridgehead atoms. The lowest BCUT2D eigenvalue weighted by atomic mass is 10.0. The van der Waals surface area contributed by atoms with Crippen LogP contribution in [0.5, 0.6) is 11.5 Å². The van der Waals surface area contributed by atoms with Crippen LogP contribution in [0.1, 0.15) is 24.2 Å². The third-order valence-electron chi connectivity index (χ3n) is 2.98. The van der Waals surface area contributed by atoms with E-state index < -0.39 is 17.4 Å². The summed E-state index contributed by atoms with van der Waals surface area (Å²) in [6.45, 7) is 3.91. The fraction of sp³-hybridized carbons (Fsp3) is 0.429. The van der Waals surface area contributed by atoms with Gasteiger partial charge in [-0.3, -0.25) is 4.79 Å². The van der Waals surface area contributed by atoms with E-state index >= 15 is 0 Å². The van der Waals surface area contributed by atoms with E-state index in [1.54, 1.807) is 13.8 Å². The van der Waals surface area contributed by atoms with Crippen molar-refractivity contribution in [1.29, 1.82) is 0 Å². The summed E-state index contributed by atoms with van der Waals surface area (Å²) < 4.78 is 15.4. The third-order valence-corrected chi connectivity index (χ3v) is 3.26. The molecule has 114 valence electrons. The number of methoxy groups -OCH3 is 1. The van der Waals surface area contributed by atoms with Gasteiger partial charge in [0.1, 0.15) is 18.8 Å². The van der Waals surface area contributed by atoms with Crippen LogP contribution in [0.4, 0.5) is 0 Å². The number of rotatable bonds is 3. The van der Waals surface area contributed by atoms with Crippen LogP contribution < -0.4 is 14.8 Å². The maximum absolute atomic E-state index is 12.2. The van der Waals surface area contributed by atoms with Crippen molar-refractivity contribution in [2.75, 3.05) is 20.3 Å². The summed E-state index contributed by atoms with van der Waals surface area (Å²) in [7, 11) is 1.26. The number of benzene rings is 1. The number of nitrogens with one attached hydrogen (secondary N) is 1. The minimum absolute atomic E-state index is 0.279. The highest BCUT2D eigenvalue weighted by molar-refractivity contribution is 6.32. The summed E-state index contributed by atoms with van der Waals surface area (Å²) in [5.41, 5.74) is -0.868. The van der Waals surface area contributed by atoms with Crippen molar-refractivity contribution < 1.29 is 23.8 Å². The maximum atomic E-state index is 12.2. The molecule has 21 heavy (non-hydrogen) atoms. The first-order valence-electron chi connectivity index (χ1n) is 6.35. The van der Waals surface area contributed by atoms with Crippen molar-refractivity contribution in [2.45, 2.75) is 19.4 Å². The molecule has 0 radical (unpaired) electrons. The average Bonchev–Trinajstić information content (AvgIpc) is 2.45. The highest BCUT2D eigenvalue weighted by Gasteiger charge is 2.31. The van der Waals surface area contributed by atoms with Crippen LogP contribution in [0, 0.1) is 0 Å². The average molecular weight is 314 g/mol. The molecule has 0 atom stereocenters. The summed E-state index contributed by atoms with van der Waals surface area (Å²) in [5, 5.41) is 2.87. The number of carbonyl (C=O) groups excluding carboxylic acids is 2. The van der Waals surface area contributed by atoms with Crippen LogP contribution in [-0.2, 0) is 9.53 Å². The number of hydrogen-bond donors (Lipinski definition) is 1. The predicted molar refractivity (Wildman–Crippen MR) is 76.0 cm³/mol. The monoisotopic (exact) mass is 313 g/mol. The molecular weight excluding hydrogens is 298 g/mol. The SMILES string of the molecule is COC(=O)C(C)(C)NC(=O)c1cc(Cl)c2c(c1)OCCO2.